The van der Waals surface area contributed by atoms with Gasteiger partial charge in [0, 0.05) is 16.3 Å². The van der Waals surface area contributed by atoms with E-state index in [-0.39, 0.29) is 0 Å². The lowest BCUT2D eigenvalue weighted by Gasteiger charge is -2.20. The lowest BCUT2D eigenvalue weighted by molar-refractivity contribution is 0.0926. The van der Waals surface area contributed by atoms with Crippen LogP contribution in [0.1, 0.15) is 31.8 Å². The molecule has 10 rings (SSSR count). The van der Waals surface area contributed by atoms with Gasteiger partial charge in [-0.3, -0.25) is 9.59 Å². The molecule has 0 saturated heterocycles. The summed E-state index contributed by atoms with van der Waals surface area (Å²) in [7, 11) is 0. The highest BCUT2D eigenvalue weighted by Gasteiger charge is 2.40. The Morgan fingerprint density at radius 1 is 0.379 bits per heavy atom. The van der Waals surface area contributed by atoms with Crippen molar-refractivity contribution >= 4 is 39.3 Å². The maximum Gasteiger partial charge on any atom is 0.268 e. The summed E-state index contributed by atoms with van der Waals surface area (Å²) in [5.74, 6) is -0.804. The van der Waals surface area contributed by atoms with Gasteiger partial charge in [-0.15, -0.1) is 0 Å². The quantitative estimate of drug-likeness (QED) is 0.159. The molecule has 0 radical (unpaired) electrons. The number of imide groups is 1. The molecule has 8 aromatic carbocycles. The molecular weight excluding hydrogens is 713 g/mol. The minimum Gasteiger partial charge on any atom is -0.308 e. The fourth-order valence-electron chi connectivity index (χ4n) is 8.24. The Balaban J connectivity index is 1.20. The zero-order valence-electron chi connectivity index (χ0n) is 30.9. The predicted octanol–water partition coefficient (Wildman–Crippen LogP) is 12.0. The number of aromatic nitrogens is 1. The highest BCUT2D eigenvalue weighted by atomic mass is 16.2. The Morgan fingerprint density at radius 2 is 0.879 bits per heavy atom. The molecular formula is C52H30N4O2. The fraction of sp³-hybridized carbons (Fsp3) is 0. The molecule has 1 aliphatic heterocycles. The first-order chi connectivity index (χ1) is 28.5. The molecule has 0 fully saturated rings. The summed E-state index contributed by atoms with van der Waals surface area (Å²) in [6, 6.07) is 63.1. The van der Waals surface area contributed by atoms with Gasteiger partial charge in [-0.1, -0.05) is 121 Å². The third-order valence-electron chi connectivity index (χ3n) is 11.0. The van der Waals surface area contributed by atoms with Gasteiger partial charge in [-0.05, 0) is 99.6 Å². The molecule has 0 bridgehead atoms. The van der Waals surface area contributed by atoms with Crippen LogP contribution in [0.3, 0.4) is 0 Å². The SMILES string of the molecule is N#Cc1cccc(-c2ccc3c4ccc(-c5cccc(C#N)c5)cc4n(-c4cccc5c4C(=O)N(c4ccc(-c6ccccc6)cc4-c4ccccc4)C5=O)c3c2)c1. The van der Waals surface area contributed by atoms with Crippen LogP contribution >= 0.6 is 0 Å². The van der Waals surface area contributed by atoms with Gasteiger partial charge >= 0.3 is 0 Å². The second kappa shape index (κ2) is 13.8. The van der Waals surface area contributed by atoms with Crippen molar-refractivity contribution in [3.8, 4) is 62.3 Å². The van der Waals surface area contributed by atoms with Gasteiger partial charge in [0.1, 0.15) is 0 Å². The molecule has 0 atom stereocenters. The summed E-state index contributed by atoms with van der Waals surface area (Å²) >= 11 is 0. The number of nitrogens with zero attached hydrogens (tertiary/aromatic N) is 4. The Kier molecular flexibility index (Phi) is 8.11. The Hall–Kier alpha value is -8.32. The summed E-state index contributed by atoms with van der Waals surface area (Å²) in [5.41, 5.74) is 11.7. The number of benzene rings is 8. The number of carbonyl (C=O) groups is 2. The van der Waals surface area contributed by atoms with Crippen LogP contribution in [0.4, 0.5) is 5.69 Å². The largest absolute Gasteiger partial charge is 0.308 e. The Labute approximate surface area is 334 Å². The van der Waals surface area contributed by atoms with Crippen molar-refractivity contribution in [1.82, 2.24) is 4.57 Å². The number of nitriles is 2. The standard InChI is InChI=1S/C52H30N4O2/c53-31-33-10-7-16-37(26-33)40-20-23-42-43-24-21-41(38-17-8-11-34(27-38)32-54)30-49(43)55(48(42)29-40)47-19-9-18-44-50(47)52(58)56(51(44)57)46-25-22-39(35-12-3-1-4-13-35)28-45(46)36-14-5-2-6-15-36/h1-30H. The van der Waals surface area contributed by atoms with E-state index in [1.54, 1.807) is 18.2 Å². The molecule has 0 N–H and O–H groups in total. The van der Waals surface area contributed by atoms with Crippen molar-refractivity contribution in [2.24, 2.45) is 0 Å². The van der Waals surface area contributed by atoms with E-state index < -0.39 is 11.8 Å². The van der Waals surface area contributed by atoms with E-state index in [1.165, 1.54) is 4.90 Å². The molecule has 0 saturated carbocycles. The number of hydrogen-bond donors (Lipinski definition) is 0. The van der Waals surface area contributed by atoms with Crippen molar-refractivity contribution in [2.45, 2.75) is 0 Å². The monoisotopic (exact) mass is 742 g/mol. The lowest BCUT2D eigenvalue weighted by atomic mass is 9.97. The van der Waals surface area contributed by atoms with Gasteiger partial charge < -0.3 is 4.57 Å². The number of amides is 2. The van der Waals surface area contributed by atoms with E-state index >= 15 is 4.79 Å². The molecule has 6 heteroatoms. The number of hydrogen-bond acceptors (Lipinski definition) is 4. The first-order valence-electron chi connectivity index (χ1n) is 18.9. The van der Waals surface area contributed by atoms with Crippen molar-refractivity contribution in [3.63, 3.8) is 0 Å². The first-order valence-corrected chi connectivity index (χ1v) is 18.9. The fourth-order valence-corrected chi connectivity index (χ4v) is 8.24. The van der Waals surface area contributed by atoms with Crippen molar-refractivity contribution < 1.29 is 9.59 Å². The van der Waals surface area contributed by atoms with E-state index in [1.807, 2.05) is 140 Å². The molecule has 0 aliphatic carbocycles. The normalized spacial score (nSPS) is 12.1. The van der Waals surface area contributed by atoms with Gasteiger partial charge in [-0.2, -0.15) is 10.5 Å². The summed E-state index contributed by atoms with van der Waals surface area (Å²) in [5, 5.41) is 21.3. The van der Waals surface area contributed by atoms with Crippen molar-refractivity contribution in [1.29, 1.82) is 10.5 Å². The summed E-state index contributed by atoms with van der Waals surface area (Å²) in [4.78, 5) is 31.0. The Bertz CT molecular complexity index is 3130. The second-order valence-corrected chi connectivity index (χ2v) is 14.3. The van der Waals surface area contributed by atoms with Crippen LogP contribution in [-0.2, 0) is 0 Å². The van der Waals surface area contributed by atoms with Crippen LogP contribution in [-0.4, -0.2) is 16.4 Å². The molecule has 0 spiro atoms. The van der Waals surface area contributed by atoms with Crippen molar-refractivity contribution in [2.75, 3.05) is 4.90 Å². The zero-order chi connectivity index (χ0) is 39.3. The van der Waals surface area contributed by atoms with Crippen LogP contribution in [0, 0.1) is 22.7 Å². The van der Waals surface area contributed by atoms with E-state index in [0.717, 1.165) is 66.3 Å². The summed E-state index contributed by atoms with van der Waals surface area (Å²) in [6.07, 6.45) is 0. The van der Waals surface area contributed by atoms with Crippen LogP contribution < -0.4 is 4.90 Å². The highest BCUT2D eigenvalue weighted by Crippen LogP contribution is 2.43. The summed E-state index contributed by atoms with van der Waals surface area (Å²) in [6.45, 7) is 0. The second-order valence-electron chi connectivity index (χ2n) is 14.3. The molecule has 2 amide bonds. The number of fused-ring (bicyclic) bond motifs is 4. The van der Waals surface area contributed by atoms with Gasteiger partial charge in [0.05, 0.1) is 56.8 Å². The molecule has 6 nitrogen and oxygen atoms in total. The maximum absolute atomic E-state index is 15.1. The van der Waals surface area contributed by atoms with E-state index in [2.05, 4.69) is 41.0 Å². The minimum absolute atomic E-state index is 0.311. The van der Waals surface area contributed by atoms with Gasteiger partial charge in [0.25, 0.3) is 11.8 Å². The number of rotatable bonds is 6. The summed E-state index contributed by atoms with van der Waals surface area (Å²) < 4.78 is 2.07. The van der Waals surface area contributed by atoms with Gasteiger partial charge in [-0.25, -0.2) is 4.90 Å². The van der Waals surface area contributed by atoms with Gasteiger partial charge in [0.2, 0.25) is 0 Å². The third kappa shape index (κ3) is 5.56. The molecule has 2 heterocycles. The zero-order valence-corrected chi connectivity index (χ0v) is 30.9. The molecule has 0 unspecified atom stereocenters. The van der Waals surface area contributed by atoms with Crippen LogP contribution in [0.25, 0.3) is 72.0 Å². The molecule has 58 heavy (non-hydrogen) atoms. The molecule has 1 aliphatic rings. The van der Waals surface area contributed by atoms with Crippen LogP contribution in [0.15, 0.2) is 182 Å². The lowest BCUT2D eigenvalue weighted by Crippen LogP contribution is -2.30. The van der Waals surface area contributed by atoms with E-state index in [9.17, 15) is 15.3 Å². The average Bonchev–Trinajstić information content (AvgIpc) is 3.75. The first kappa shape index (κ1) is 34.2. The molecule has 1 aromatic heterocycles. The van der Waals surface area contributed by atoms with Crippen LogP contribution in [0.2, 0.25) is 0 Å². The van der Waals surface area contributed by atoms with Gasteiger partial charge in [0.15, 0.2) is 0 Å². The molecule has 270 valence electrons. The smallest absolute Gasteiger partial charge is 0.268 e. The minimum atomic E-state index is -0.411. The van der Waals surface area contributed by atoms with E-state index in [4.69, 9.17) is 0 Å². The Morgan fingerprint density at radius 3 is 1.47 bits per heavy atom. The molecule has 9 aromatic rings. The highest BCUT2D eigenvalue weighted by molar-refractivity contribution is 6.36. The number of anilines is 1. The van der Waals surface area contributed by atoms with Crippen LogP contribution in [0.5, 0.6) is 0 Å². The average molecular weight is 743 g/mol. The van der Waals surface area contributed by atoms with Crippen molar-refractivity contribution in [3.05, 3.63) is 204 Å². The predicted molar refractivity (Wildman–Crippen MR) is 230 cm³/mol. The topological polar surface area (TPSA) is 89.9 Å². The maximum atomic E-state index is 15.1. The van der Waals surface area contributed by atoms with E-state index in [0.29, 0.717) is 33.6 Å². The third-order valence-corrected chi connectivity index (χ3v) is 11.0. The number of carbonyl (C=O) groups excluding carboxylic acids is 2.